The Hall–Kier alpha value is -1.85. The highest BCUT2D eigenvalue weighted by Gasteiger charge is 2.12. The summed E-state index contributed by atoms with van der Waals surface area (Å²) in [6.45, 7) is 1.73. The first-order valence-electron chi connectivity index (χ1n) is 6.15. The van der Waals surface area contributed by atoms with Gasteiger partial charge in [-0.15, -0.1) is 11.3 Å². The molecule has 1 aromatic carbocycles. The number of carbonyl (C=O) groups excluding carboxylic acids is 1. The van der Waals surface area contributed by atoms with Gasteiger partial charge in [-0.1, -0.05) is 11.6 Å². The largest absolute Gasteiger partial charge is 0.331 e. The average molecular weight is 306 g/mol. The molecule has 0 atom stereocenters. The van der Waals surface area contributed by atoms with Crippen LogP contribution in [0.3, 0.4) is 0 Å². The zero-order valence-corrected chi connectivity index (χ0v) is 12.1. The molecule has 1 amide bonds. The van der Waals surface area contributed by atoms with Crippen LogP contribution in [0.2, 0.25) is 5.02 Å². The number of thiophene rings is 1. The SMILES string of the molecule is O=C(Nc1ccc(N2C=NCC2)cc1)c1sccc1Cl. The van der Waals surface area contributed by atoms with Crippen LogP contribution in [0.4, 0.5) is 11.4 Å². The maximum absolute atomic E-state index is 12.0. The van der Waals surface area contributed by atoms with Gasteiger partial charge >= 0.3 is 0 Å². The Labute approximate surface area is 125 Å². The zero-order chi connectivity index (χ0) is 13.9. The van der Waals surface area contributed by atoms with Crippen LogP contribution >= 0.6 is 22.9 Å². The molecule has 0 unspecified atom stereocenters. The molecule has 0 saturated heterocycles. The second-order valence-electron chi connectivity index (χ2n) is 4.31. The Morgan fingerprint density at radius 3 is 2.70 bits per heavy atom. The monoisotopic (exact) mass is 305 g/mol. The topological polar surface area (TPSA) is 44.7 Å². The van der Waals surface area contributed by atoms with E-state index >= 15 is 0 Å². The van der Waals surface area contributed by atoms with Crippen molar-refractivity contribution < 1.29 is 4.79 Å². The van der Waals surface area contributed by atoms with Crippen LogP contribution in [0.25, 0.3) is 0 Å². The summed E-state index contributed by atoms with van der Waals surface area (Å²) in [6, 6.07) is 9.39. The summed E-state index contributed by atoms with van der Waals surface area (Å²) in [6.07, 6.45) is 1.83. The third-order valence-electron chi connectivity index (χ3n) is 2.97. The summed E-state index contributed by atoms with van der Waals surface area (Å²) >= 11 is 7.27. The minimum absolute atomic E-state index is 0.180. The number of anilines is 2. The van der Waals surface area contributed by atoms with Gasteiger partial charge in [-0.25, -0.2) is 0 Å². The number of nitrogens with zero attached hydrogens (tertiary/aromatic N) is 2. The number of aliphatic imine (C=N–C) groups is 1. The number of rotatable bonds is 3. The highest BCUT2D eigenvalue weighted by molar-refractivity contribution is 7.12. The number of halogens is 1. The fourth-order valence-corrected chi connectivity index (χ4v) is 2.99. The maximum atomic E-state index is 12.0. The molecular weight excluding hydrogens is 294 g/mol. The van der Waals surface area contributed by atoms with Gasteiger partial charge in [-0.2, -0.15) is 0 Å². The molecule has 3 rings (SSSR count). The van der Waals surface area contributed by atoms with E-state index in [0.29, 0.717) is 9.90 Å². The molecule has 2 heterocycles. The number of amides is 1. The van der Waals surface area contributed by atoms with Gasteiger partial charge in [0, 0.05) is 17.9 Å². The molecule has 1 aromatic heterocycles. The minimum Gasteiger partial charge on any atom is -0.331 e. The van der Waals surface area contributed by atoms with Crippen LogP contribution in [-0.4, -0.2) is 25.3 Å². The van der Waals surface area contributed by atoms with Gasteiger partial charge in [0.25, 0.3) is 5.91 Å². The highest BCUT2D eigenvalue weighted by atomic mass is 35.5. The predicted octanol–water partition coefficient (Wildman–Crippen LogP) is 3.50. The van der Waals surface area contributed by atoms with E-state index in [1.807, 2.05) is 30.6 Å². The van der Waals surface area contributed by atoms with Crippen molar-refractivity contribution in [2.75, 3.05) is 23.3 Å². The summed E-state index contributed by atoms with van der Waals surface area (Å²) in [5, 5.41) is 5.12. The Balaban J connectivity index is 1.70. The number of nitrogens with one attached hydrogen (secondary N) is 1. The summed E-state index contributed by atoms with van der Waals surface area (Å²) in [7, 11) is 0. The molecule has 1 aliphatic heterocycles. The molecule has 4 nitrogen and oxygen atoms in total. The van der Waals surface area contributed by atoms with E-state index < -0.39 is 0 Å². The van der Waals surface area contributed by atoms with Gasteiger partial charge in [-0.05, 0) is 35.7 Å². The molecule has 1 N–H and O–H groups in total. The Kier molecular flexibility index (Phi) is 3.71. The maximum Gasteiger partial charge on any atom is 0.267 e. The number of carbonyl (C=O) groups is 1. The van der Waals surface area contributed by atoms with Crippen LogP contribution in [0.1, 0.15) is 9.67 Å². The first-order chi connectivity index (χ1) is 9.74. The Morgan fingerprint density at radius 2 is 2.10 bits per heavy atom. The molecular formula is C14H12ClN3OS. The summed E-state index contributed by atoms with van der Waals surface area (Å²) in [5.41, 5.74) is 1.82. The summed E-state index contributed by atoms with van der Waals surface area (Å²) in [4.78, 5) is 18.8. The molecule has 0 radical (unpaired) electrons. The standard InChI is InChI=1S/C14H12ClN3OS/c15-12-5-8-20-13(12)14(19)17-10-1-3-11(4-2-10)18-7-6-16-9-18/h1-5,8-9H,6-7H2,(H,17,19). The number of hydrogen-bond donors (Lipinski definition) is 1. The van der Waals surface area contributed by atoms with E-state index in [2.05, 4.69) is 15.2 Å². The lowest BCUT2D eigenvalue weighted by atomic mass is 10.2. The van der Waals surface area contributed by atoms with Gasteiger partial charge in [0.2, 0.25) is 0 Å². The summed E-state index contributed by atoms with van der Waals surface area (Å²) in [5.74, 6) is -0.180. The van der Waals surface area contributed by atoms with Crippen LogP contribution in [-0.2, 0) is 0 Å². The van der Waals surface area contributed by atoms with Gasteiger partial charge in [0.1, 0.15) is 4.88 Å². The number of hydrogen-bond acceptors (Lipinski definition) is 4. The van der Waals surface area contributed by atoms with E-state index in [1.165, 1.54) is 11.3 Å². The van der Waals surface area contributed by atoms with Gasteiger partial charge in [-0.3, -0.25) is 9.79 Å². The van der Waals surface area contributed by atoms with Gasteiger partial charge in [0.05, 0.1) is 17.9 Å². The van der Waals surface area contributed by atoms with Gasteiger partial charge in [0.15, 0.2) is 0 Å². The quantitative estimate of drug-likeness (QED) is 0.943. The van der Waals surface area contributed by atoms with E-state index in [4.69, 9.17) is 11.6 Å². The third-order valence-corrected chi connectivity index (χ3v) is 4.31. The lowest BCUT2D eigenvalue weighted by molar-refractivity contribution is 0.103. The lowest BCUT2D eigenvalue weighted by Gasteiger charge is -2.14. The molecule has 6 heteroatoms. The Bertz CT molecular complexity index is 651. The predicted molar refractivity (Wildman–Crippen MR) is 84.4 cm³/mol. The molecule has 0 saturated carbocycles. The Morgan fingerprint density at radius 1 is 1.30 bits per heavy atom. The second-order valence-corrected chi connectivity index (χ2v) is 5.64. The van der Waals surface area contributed by atoms with Crippen LogP contribution in [0, 0.1) is 0 Å². The highest BCUT2D eigenvalue weighted by Crippen LogP contribution is 2.24. The van der Waals surface area contributed by atoms with Crippen molar-refractivity contribution in [3.63, 3.8) is 0 Å². The van der Waals surface area contributed by atoms with E-state index in [0.717, 1.165) is 24.5 Å². The lowest BCUT2D eigenvalue weighted by Crippen LogP contribution is -2.18. The van der Waals surface area contributed by atoms with Crippen molar-refractivity contribution in [1.82, 2.24) is 0 Å². The fraction of sp³-hybridized carbons (Fsp3) is 0.143. The normalized spacial score (nSPS) is 13.8. The molecule has 0 aliphatic carbocycles. The first kappa shape index (κ1) is 13.1. The average Bonchev–Trinajstić information content (AvgIpc) is 3.10. The minimum atomic E-state index is -0.180. The second kappa shape index (κ2) is 5.64. The molecule has 2 aromatic rings. The number of benzene rings is 1. The first-order valence-corrected chi connectivity index (χ1v) is 7.41. The molecule has 102 valence electrons. The van der Waals surface area contributed by atoms with Crippen LogP contribution < -0.4 is 10.2 Å². The van der Waals surface area contributed by atoms with Crippen molar-refractivity contribution in [3.05, 3.63) is 45.6 Å². The van der Waals surface area contributed by atoms with E-state index in [9.17, 15) is 4.79 Å². The van der Waals surface area contributed by atoms with Crippen LogP contribution in [0.5, 0.6) is 0 Å². The van der Waals surface area contributed by atoms with Crippen molar-refractivity contribution in [2.45, 2.75) is 0 Å². The van der Waals surface area contributed by atoms with Crippen molar-refractivity contribution in [3.8, 4) is 0 Å². The van der Waals surface area contributed by atoms with Gasteiger partial charge < -0.3 is 10.2 Å². The van der Waals surface area contributed by atoms with E-state index in [1.54, 1.807) is 11.4 Å². The van der Waals surface area contributed by atoms with Crippen molar-refractivity contribution in [2.24, 2.45) is 4.99 Å². The van der Waals surface area contributed by atoms with Crippen molar-refractivity contribution >= 4 is 46.6 Å². The van der Waals surface area contributed by atoms with E-state index in [-0.39, 0.29) is 5.91 Å². The van der Waals surface area contributed by atoms with Crippen LogP contribution in [0.15, 0.2) is 40.7 Å². The molecule has 0 spiro atoms. The molecule has 0 bridgehead atoms. The van der Waals surface area contributed by atoms with Crippen molar-refractivity contribution in [1.29, 1.82) is 0 Å². The summed E-state index contributed by atoms with van der Waals surface area (Å²) < 4.78 is 0. The fourth-order valence-electron chi connectivity index (χ4n) is 1.96. The third kappa shape index (κ3) is 2.69. The zero-order valence-electron chi connectivity index (χ0n) is 10.5. The molecule has 1 aliphatic rings. The molecule has 20 heavy (non-hydrogen) atoms. The molecule has 0 fully saturated rings. The smallest absolute Gasteiger partial charge is 0.267 e.